The first-order valence-corrected chi connectivity index (χ1v) is 11.1. The first-order valence-electron chi connectivity index (χ1n) is 9.56. The van der Waals surface area contributed by atoms with Crippen molar-refractivity contribution in [2.75, 3.05) is 0 Å². The molecule has 1 fully saturated rings. The van der Waals surface area contributed by atoms with Gasteiger partial charge in [0.2, 0.25) is 15.0 Å². The predicted molar refractivity (Wildman–Crippen MR) is 102 cm³/mol. The Morgan fingerprint density at radius 2 is 1.71 bits per heavy atom. The highest BCUT2D eigenvalue weighted by molar-refractivity contribution is 7.91. The molecular formula is C20H26F2N2O3S. The highest BCUT2D eigenvalue weighted by atomic mass is 32.2. The second-order valence-electron chi connectivity index (χ2n) is 7.36. The molecule has 154 valence electrons. The van der Waals surface area contributed by atoms with Crippen LogP contribution in [0.5, 0.6) is 5.75 Å². The Hall–Kier alpha value is -1.96. The molecule has 0 unspecified atom stereocenters. The fourth-order valence-corrected chi connectivity index (χ4v) is 5.48. The quantitative estimate of drug-likeness (QED) is 0.659. The number of hydrogen-bond acceptors (Lipinski definition) is 4. The van der Waals surface area contributed by atoms with Crippen LogP contribution in [0.25, 0.3) is 0 Å². The maximum atomic E-state index is 13.4. The molecule has 0 spiro atoms. The molecule has 1 aromatic heterocycles. The number of benzene rings is 1. The molecule has 8 heteroatoms. The second kappa shape index (κ2) is 8.19. The van der Waals surface area contributed by atoms with Gasteiger partial charge in [0.1, 0.15) is 5.75 Å². The van der Waals surface area contributed by atoms with Gasteiger partial charge < -0.3 is 9.30 Å². The zero-order valence-electron chi connectivity index (χ0n) is 16.4. The average molecular weight is 413 g/mol. The van der Waals surface area contributed by atoms with Gasteiger partial charge in [0.15, 0.2) is 0 Å². The fourth-order valence-electron chi connectivity index (χ4n) is 3.82. The lowest BCUT2D eigenvalue weighted by Crippen LogP contribution is -2.22. The molecular weight excluding hydrogens is 386 g/mol. The van der Waals surface area contributed by atoms with Gasteiger partial charge >= 0.3 is 6.61 Å². The summed E-state index contributed by atoms with van der Waals surface area (Å²) in [7, 11) is -3.75. The molecule has 0 radical (unpaired) electrons. The van der Waals surface area contributed by atoms with Crippen molar-refractivity contribution in [1.29, 1.82) is 0 Å². The van der Waals surface area contributed by atoms with E-state index in [1.807, 2.05) is 18.4 Å². The number of ether oxygens (including phenoxy) is 1. The van der Waals surface area contributed by atoms with E-state index in [0.717, 1.165) is 37.1 Å². The van der Waals surface area contributed by atoms with Gasteiger partial charge in [-0.25, -0.2) is 13.4 Å². The lowest BCUT2D eigenvalue weighted by molar-refractivity contribution is -0.0498. The van der Waals surface area contributed by atoms with Gasteiger partial charge in [0.25, 0.3) is 0 Å². The molecule has 0 saturated heterocycles. The number of imidazole rings is 1. The number of halogens is 2. The minimum Gasteiger partial charge on any atom is -0.435 e. The molecule has 0 N–H and O–H groups in total. The van der Waals surface area contributed by atoms with Crippen LogP contribution in [0.4, 0.5) is 8.78 Å². The SMILES string of the molecule is Cc1nc(S(=O)(=O)[C@@H](C)c2ccc(OC(F)F)cc2)n(C2CCCCC2)c1C. The standard InChI is InChI=1S/C20H26F2N2O3S/c1-13-14(2)24(17-7-5-4-6-8-17)20(23-13)28(25,26)15(3)16-9-11-18(12-10-16)27-19(21)22/h9-12,15,17,19H,4-8H2,1-3H3/t15-/m0/s1. The number of sulfone groups is 1. The summed E-state index contributed by atoms with van der Waals surface area (Å²) >= 11 is 0. The van der Waals surface area contributed by atoms with Crippen molar-refractivity contribution in [3.8, 4) is 5.75 Å². The van der Waals surface area contributed by atoms with Crippen LogP contribution in [-0.2, 0) is 9.84 Å². The first-order chi connectivity index (χ1) is 13.2. The Morgan fingerprint density at radius 3 is 2.29 bits per heavy atom. The molecule has 2 aromatic rings. The molecule has 1 heterocycles. The van der Waals surface area contributed by atoms with Gasteiger partial charge in [-0.15, -0.1) is 0 Å². The van der Waals surface area contributed by atoms with Crippen molar-refractivity contribution in [2.24, 2.45) is 0 Å². The van der Waals surface area contributed by atoms with Gasteiger partial charge in [-0.1, -0.05) is 31.4 Å². The lowest BCUT2D eigenvalue weighted by atomic mass is 9.95. The maximum Gasteiger partial charge on any atom is 0.387 e. The monoisotopic (exact) mass is 412 g/mol. The highest BCUT2D eigenvalue weighted by Crippen LogP contribution is 2.36. The molecule has 1 aliphatic carbocycles. The lowest BCUT2D eigenvalue weighted by Gasteiger charge is -2.26. The third-order valence-corrected chi connectivity index (χ3v) is 7.59. The number of alkyl halides is 2. The van der Waals surface area contributed by atoms with Gasteiger partial charge in [-0.2, -0.15) is 8.78 Å². The highest BCUT2D eigenvalue weighted by Gasteiger charge is 2.33. The molecule has 1 aliphatic rings. The van der Waals surface area contributed by atoms with Crippen molar-refractivity contribution in [1.82, 2.24) is 9.55 Å². The van der Waals surface area contributed by atoms with Gasteiger partial charge in [-0.3, -0.25) is 0 Å². The Bertz CT molecular complexity index is 918. The molecule has 1 saturated carbocycles. The van der Waals surface area contributed by atoms with Gasteiger partial charge in [0, 0.05) is 11.7 Å². The Balaban J connectivity index is 1.95. The second-order valence-corrected chi connectivity index (χ2v) is 9.52. The van der Waals surface area contributed by atoms with E-state index in [0.29, 0.717) is 5.56 Å². The molecule has 1 atom stereocenters. The summed E-state index contributed by atoms with van der Waals surface area (Å²) in [5.74, 6) is -0.00116. The van der Waals surface area contributed by atoms with E-state index >= 15 is 0 Å². The number of rotatable bonds is 6. The van der Waals surface area contributed by atoms with E-state index in [4.69, 9.17) is 0 Å². The zero-order chi connectivity index (χ0) is 20.5. The summed E-state index contributed by atoms with van der Waals surface area (Å²) in [6.45, 7) is 2.43. The Morgan fingerprint density at radius 1 is 1.11 bits per heavy atom. The molecule has 0 amide bonds. The topological polar surface area (TPSA) is 61.2 Å². The summed E-state index contributed by atoms with van der Waals surface area (Å²) in [6.07, 6.45) is 5.25. The third kappa shape index (κ3) is 4.06. The predicted octanol–water partition coefficient (Wildman–Crippen LogP) is 5.14. The smallest absolute Gasteiger partial charge is 0.387 e. The number of aryl methyl sites for hydroxylation is 1. The van der Waals surface area contributed by atoms with Crippen molar-refractivity contribution in [2.45, 2.75) is 75.9 Å². The Kier molecular flexibility index (Phi) is 6.07. The largest absolute Gasteiger partial charge is 0.435 e. The summed E-state index contributed by atoms with van der Waals surface area (Å²) in [4.78, 5) is 4.41. The summed E-state index contributed by atoms with van der Waals surface area (Å²) in [6, 6.07) is 5.88. The van der Waals surface area contributed by atoms with E-state index in [2.05, 4.69) is 9.72 Å². The van der Waals surface area contributed by atoms with E-state index in [9.17, 15) is 17.2 Å². The van der Waals surface area contributed by atoms with Crippen LogP contribution >= 0.6 is 0 Å². The van der Waals surface area contributed by atoms with Crippen LogP contribution in [0, 0.1) is 13.8 Å². The van der Waals surface area contributed by atoms with Crippen LogP contribution in [0.1, 0.15) is 67.3 Å². The molecule has 0 bridgehead atoms. The summed E-state index contributed by atoms with van der Waals surface area (Å²) in [5, 5.41) is -0.744. The van der Waals surface area contributed by atoms with E-state index in [1.165, 1.54) is 30.7 Å². The molecule has 28 heavy (non-hydrogen) atoms. The summed E-state index contributed by atoms with van der Waals surface area (Å²) in [5.41, 5.74) is 2.12. The molecule has 1 aromatic carbocycles. The van der Waals surface area contributed by atoms with Crippen LogP contribution in [0.3, 0.4) is 0 Å². The third-order valence-electron chi connectivity index (χ3n) is 5.59. The van der Waals surface area contributed by atoms with E-state index in [1.54, 1.807) is 6.92 Å². The number of nitrogens with zero attached hydrogens (tertiary/aromatic N) is 2. The van der Waals surface area contributed by atoms with Crippen molar-refractivity contribution >= 4 is 9.84 Å². The van der Waals surface area contributed by atoms with E-state index in [-0.39, 0.29) is 16.9 Å². The van der Waals surface area contributed by atoms with Crippen LogP contribution in [0.2, 0.25) is 0 Å². The van der Waals surface area contributed by atoms with Gasteiger partial charge in [-0.05, 0) is 51.3 Å². The molecule has 5 nitrogen and oxygen atoms in total. The van der Waals surface area contributed by atoms with E-state index < -0.39 is 21.7 Å². The van der Waals surface area contributed by atoms with Crippen molar-refractivity contribution in [3.05, 3.63) is 41.2 Å². The minimum absolute atomic E-state index is 0.00116. The zero-order valence-corrected chi connectivity index (χ0v) is 17.2. The summed E-state index contributed by atoms with van der Waals surface area (Å²) < 4.78 is 57.7. The first kappa shape index (κ1) is 20.8. The van der Waals surface area contributed by atoms with Crippen LogP contribution < -0.4 is 4.74 Å². The average Bonchev–Trinajstić information content (AvgIpc) is 2.97. The molecule has 3 rings (SSSR count). The van der Waals surface area contributed by atoms with Gasteiger partial charge in [0.05, 0.1) is 10.9 Å². The van der Waals surface area contributed by atoms with Crippen molar-refractivity contribution in [3.63, 3.8) is 0 Å². The van der Waals surface area contributed by atoms with Crippen LogP contribution in [0.15, 0.2) is 29.4 Å². The van der Waals surface area contributed by atoms with Crippen LogP contribution in [-0.4, -0.2) is 24.6 Å². The normalized spacial score (nSPS) is 17.1. The maximum absolute atomic E-state index is 13.4. The Labute approximate surface area is 164 Å². The fraction of sp³-hybridized carbons (Fsp3) is 0.550. The molecule has 0 aliphatic heterocycles. The number of aromatic nitrogens is 2. The minimum atomic E-state index is -3.75. The van der Waals surface area contributed by atoms with Crippen molar-refractivity contribution < 1.29 is 21.9 Å². The number of hydrogen-bond donors (Lipinski definition) is 0.